The van der Waals surface area contributed by atoms with Crippen LogP contribution in [0.25, 0.3) is 0 Å². The molecule has 0 aromatic heterocycles. The van der Waals surface area contributed by atoms with Crippen molar-refractivity contribution in [2.75, 3.05) is 13.2 Å². The number of nitrogens with one attached hydrogen (secondary N) is 1. The van der Waals surface area contributed by atoms with Crippen LogP contribution in [0.1, 0.15) is 145 Å². The number of aliphatic hydroxyl groups excluding tert-OH is 1. The quantitative estimate of drug-likeness (QED) is 0.0293. The van der Waals surface area contributed by atoms with Gasteiger partial charge >= 0.3 is 30.0 Å². The summed E-state index contributed by atoms with van der Waals surface area (Å²) in [6.45, 7) is 9.92. The van der Waals surface area contributed by atoms with Crippen LogP contribution < -0.4 is 5.32 Å². The first-order valence-corrected chi connectivity index (χ1v) is 30.0. The van der Waals surface area contributed by atoms with Crippen molar-refractivity contribution in [1.29, 1.82) is 0 Å². The van der Waals surface area contributed by atoms with E-state index in [2.05, 4.69) is 73.0 Å². The van der Waals surface area contributed by atoms with Crippen LogP contribution in [-0.4, -0.2) is 113 Å². The van der Waals surface area contributed by atoms with Gasteiger partial charge in [-0.2, -0.15) is 0 Å². The molecule has 1 heterocycles. The van der Waals surface area contributed by atoms with Crippen LogP contribution in [0.4, 0.5) is 4.79 Å². The molecule has 3 aromatic carbocycles. The highest BCUT2D eigenvalue weighted by Crippen LogP contribution is 2.64. The van der Waals surface area contributed by atoms with Crippen LogP contribution in [0, 0.1) is 16.7 Å². The largest absolute Gasteiger partial charge is 0.509 e. The number of carbonyl (C=O) groups excluding carboxylic acids is 7. The van der Waals surface area contributed by atoms with Gasteiger partial charge in [0.05, 0.1) is 36.2 Å². The Morgan fingerprint density at radius 1 is 0.713 bits per heavy atom. The summed E-state index contributed by atoms with van der Waals surface area (Å²) in [4.78, 5) is 100. The molecule has 464 valence electrons. The van der Waals surface area contributed by atoms with Crippen molar-refractivity contribution >= 4 is 41.7 Å². The fourth-order valence-electron chi connectivity index (χ4n) is 12.4. The van der Waals surface area contributed by atoms with Gasteiger partial charge in [0, 0.05) is 37.7 Å². The molecule has 2 unspecified atom stereocenters. The second kappa shape index (κ2) is 30.6. The number of aliphatic hydroxyl groups is 2. The highest BCUT2D eigenvalue weighted by molar-refractivity contribution is 5.96. The van der Waals surface area contributed by atoms with Gasteiger partial charge in [-0.3, -0.25) is 19.2 Å². The topological polar surface area (TPSA) is 237 Å². The molecule has 2 saturated carbocycles. The number of amides is 1. The summed E-state index contributed by atoms with van der Waals surface area (Å²) in [6, 6.07) is 22.8. The van der Waals surface area contributed by atoms with Gasteiger partial charge in [-0.15, -0.1) is 0 Å². The lowest BCUT2D eigenvalue weighted by Gasteiger charge is -2.67. The Balaban J connectivity index is 1.17. The number of unbranched alkanes of at least 4 members (excludes halogenated alkanes) is 1. The van der Waals surface area contributed by atoms with Crippen molar-refractivity contribution in [1.82, 2.24) is 5.32 Å². The summed E-state index contributed by atoms with van der Waals surface area (Å²) in [5.41, 5.74) is -7.52. The van der Waals surface area contributed by atoms with E-state index in [1.165, 1.54) is 26.0 Å². The fraction of sp³-hybridized carbons (Fsp3) is 0.443. The molecule has 1 amide bonds. The minimum absolute atomic E-state index is 0.0434. The van der Waals surface area contributed by atoms with Gasteiger partial charge in [0.25, 0.3) is 5.91 Å². The maximum absolute atomic E-state index is 15.8. The van der Waals surface area contributed by atoms with Crippen LogP contribution in [0.15, 0.2) is 175 Å². The summed E-state index contributed by atoms with van der Waals surface area (Å²) >= 11 is 0. The molecule has 3 aliphatic carbocycles. The van der Waals surface area contributed by atoms with Crippen LogP contribution in [0.3, 0.4) is 0 Å². The molecule has 17 heteroatoms. The summed E-state index contributed by atoms with van der Waals surface area (Å²) in [6.07, 6.45) is 19.4. The zero-order valence-corrected chi connectivity index (χ0v) is 50.8. The first kappa shape index (κ1) is 66.5. The molecule has 2 bridgehead atoms. The molecule has 1 saturated heterocycles. The summed E-state index contributed by atoms with van der Waals surface area (Å²) in [5, 5.41) is 29.2. The van der Waals surface area contributed by atoms with E-state index in [9.17, 15) is 34.2 Å². The normalized spacial score (nSPS) is 26.6. The monoisotopic (exact) mass is 1190 g/mol. The van der Waals surface area contributed by atoms with Crippen LogP contribution in [0.5, 0.6) is 0 Å². The number of carbonyl (C=O) groups is 7. The van der Waals surface area contributed by atoms with Crippen molar-refractivity contribution in [3.05, 3.63) is 192 Å². The first-order valence-electron chi connectivity index (χ1n) is 30.0. The summed E-state index contributed by atoms with van der Waals surface area (Å²) < 4.78 is 42.5. The third-order valence-electron chi connectivity index (χ3n) is 17.0. The van der Waals surface area contributed by atoms with E-state index >= 15 is 9.59 Å². The minimum atomic E-state index is -2.48. The van der Waals surface area contributed by atoms with Crippen LogP contribution >= 0.6 is 0 Å². The number of Topliss-reactive ketones (excluding diaryl/α,β-unsaturated/α-hetero) is 1. The number of benzene rings is 3. The van der Waals surface area contributed by atoms with Gasteiger partial charge < -0.3 is 48.7 Å². The molecular formula is C70H83NO16. The van der Waals surface area contributed by atoms with Gasteiger partial charge in [-0.25, -0.2) is 14.4 Å². The van der Waals surface area contributed by atoms with Gasteiger partial charge in [-0.05, 0) is 106 Å². The maximum Gasteiger partial charge on any atom is 0.509 e. The maximum atomic E-state index is 15.8. The average molecular weight is 1190 g/mol. The third kappa shape index (κ3) is 15.6. The number of rotatable bonds is 26. The Kier molecular flexibility index (Phi) is 23.4. The second-order valence-electron chi connectivity index (χ2n) is 23.1. The van der Waals surface area contributed by atoms with E-state index in [-0.39, 0.29) is 41.9 Å². The van der Waals surface area contributed by atoms with Gasteiger partial charge in [0.2, 0.25) is 6.10 Å². The molecule has 11 atom stereocenters. The molecular weight excluding hydrogens is 1110 g/mol. The number of ketones is 1. The zero-order chi connectivity index (χ0) is 62.8. The predicted octanol–water partition coefficient (Wildman–Crippen LogP) is 11.4. The number of hydrogen-bond donors (Lipinski definition) is 3. The average Bonchev–Trinajstić information content (AvgIpc) is 0.682. The third-order valence-corrected chi connectivity index (χ3v) is 17.0. The standard InChI is InChI=1S/C70H83NO16/c1-8-9-10-11-12-13-14-15-16-17-18-19-20-21-22-23-24-25-26-36-43-81-66(79)85-59(57(50-37-30-27-31-38-50)71-63(76)51-39-32-28-33-40-51)65(78)84-53-45-70(80)62(86-64(77)52-41-34-29-35-42-52)60-68(7,54(74)44-55-69(60,46-82-55)87-49(4)73)61(75)58(83-48(3)72)56(47(53)2)67(70,5)6/h9-10,12-13,15-16,18-19,21-22,24-25,27-35,37-42,53-55,57-60,62,74,80H,8,11,14,17,20,23,26,36,43-46H2,1-7H3,(H,71,76)/b10-9-,13-12-,16-15-,19-18-,22-21-,25-24-/t53?,54-,55+,57+,58+,59?,60-,62-,68+,69+,70+/m0/s1. The Labute approximate surface area is 510 Å². The first-order chi connectivity index (χ1) is 41.7. The number of allylic oxidation sites excluding steroid dienone is 12. The van der Waals surface area contributed by atoms with Gasteiger partial charge in [-0.1, -0.05) is 160 Å². The van der Waals surface area contributed by atoms with E-state index in [1.807, 2.05) is 12.2 Å². The van der Waals surface area contributed by atoms with E-state index in [1.54, 1.807) is 92.7 Å². The van der Waals surface area contributed by atoms with Crippen molar-refractivity contribution in [3.63, 3.8) is 0 Å². The van der Waals surface area contributed by atoms with Gasteiger partial charge in [0.1, 0.15) is 30.0 Å². The Morgan fingerprint density at radius 3 is 1.78 bits per heavy atom. The predicted molar refractivity (Wildman–Crippen MR) is 325 cm³/mol. The number of ether oxygens (including phenoxy) is 7. The lowest BCUT2D eigenvalue weighted by molar-refractivity contribution is -0.346. The summed E-state index contributed by atoms with van der Waals surface area (Å²) in [5.74, 6) is -7.08. The van der Waals surface area contributed by atoms with Crippen molar-refractivity contribution < 1.29 is 76.9 Å². The zero-order valence-electron chi connectivity index (χ0n) is 50.8. The highest BCUT2D eigenvalue weighted by Gasteiger charge is 2.78. The van der Waals surface area contributed by atoms with E-state index in [0.29, 0.717) is 24.8 Å². The Morgan fingerprint density at radius 2 is 1.25 bits per heavy atom. The molecule has 3 aromatic rings. The molecule has 1 aliphatic heterocycles. The summed E-state index contributed by atoms with van der Waals surface area (Å²) in [7, 11) is 0. The molecule has 87 heavy (non-hydrogen) atoms. The SMILES string of the molecule is CC/C=C\C/C=C\C/C=C\C/C=C\C/C=C\C/C=C\CCCOC(=O)OC(C(=O)OC1C[C@@]2(O)[C@@H](OC(=O)c3ccccc3)[C@@H]3[C@@]4(OC(C)=O)CO[C@@H]4C[C@H](O)[C@@]3(C)C(=O)[C@H](OC(C)=O)C(=C1C)C2(C)C)[C@H](NC(=O)c1ccccc1)c1ccccc1. The lowest BCUT2D eigenvalue weighted by Crippen LogP contribution is -2.82. The fourth-order valence-corrected chi connectivity index (χ4v) is 12.4. The lowest BCUT2D eigenvalue weighted by atomic mass is 9.44. The van der Waals surface area contributed by atoms with Crippen molar-refractivity contribution in [2.45, 2.75) is 167 Å². The smallest absolute Gasteiger partial charge is 0.455 e. The van der Waals surface area contributed by atoms with Crippen LogP contribution in [-0.2, 0) is 52.3 Å². The highest BCUT2D eigenvalue weighted by atomic mass is 16.7. The number of esters is 4. The molecule has 0 radical (unpaired) electrons. The molecule has 3 fully saturated rings. The van der Waals surface area contributed by atoms with E-state index < -0.39 is 119 Å². The molecule has 4 aliphatic rings. The molecule has 17 nitrogen and oxygen atoms in total. The second-order valence-corrected chi connectivity index (χ2v) is 23.1. The Hall–Kier alpha value is -7.99. The molecule has 3 N–H and O–H groups in total. The molecule has 7 rings (SSSR count). The van der Waals surface area contributed by atoms with Crippen molar-refractivity contribution in [3.8, 4) is 0 Å². The number of fused-ring (bicyclic) bond motifs is 5. The Bertz CT molecular complexity index is 3110. The molecule has 0 spiro atoms. The van der Waals surface area contributed by atoms with Gasteiger partial charge in [0.15, 0.2) is 17.5 Å². The van der Waals surface area contributed by atoms with Crippen molar-refractivity contribution in [2.24, 2.45) is 16.7 Å². The van der Waals surface area contributed by atoms with E-state index in [4.69, 9.17) is 33.2 Å². The van der Waals surface area contributed by atoms with Crippen LogP contribution in [0.2, 0.25) is 0 Å². The van der Waals surface area contributed by atoms with E-state index in [0.717, 1.165) is 46.0 Å². The minimum Gasteiger partial charge on any atom is -0.455 e. The number of hydrogen-bond acceptors (Lipinski definition) is 16.